The molecule has 0 amide bonds. The monoisotopic (exact) mass is 334 g/mol. The average molecular weight is 334 g/mol. The molecule has 0 atom stereocenters. The van der Waals surface area contributed by atoms with Crippen molar-refractivity contribution >= 4 is 5.97 Å². The average Bonchev–Trinajstić information content (AvgIpc) is 2.55. The molecule has 0 bridgehead atoms. The van der Waals surface area contributed by atoms with Crippen LogP contribution in [0.4, 0.5) is 4.39 Å². The van der Waals surface area contributed by atoms with Gasteiger partial charge in [-0.05, 0) is 36.4 Å². The molecule has 24 heavy (non-hydrogen) atoms. The van der Waals surface area contributed by atoms with E-state index in [2.05, 4.69) is 0 Å². The van der Waals surface area contributed by atoms with Crippen molar-refractivity contribution < 1.29 is 28.1 Å². The first-order valence-electron chi connectivity index (χ1n) is 7.24. The molecule has 0 saturated heterocycles. The van der Waals surface area contributed by atoms with Gasteiger partial charge in [-0.15, -0.1) is 0 Å². The highest BCUT2D eigenvalue weighted by molar-refractivity contribution is 5.90. The summed E-state index contributed by atoms with van der Waals surface area (Å²) in [5.74, 6) is -0.623. The highest BCUT2D eigenvalue weighted by Crippen LogP contribution is 2.30. The number of hydrogen-bond donors (Lipinski definition) is 0. The summed E-state index contributed by atoms with van der Waals surface area (Å²) >= 11 is 0. The van der Waals surface area contributed by atoms with E-state index in [0.717, 1.165) is 0 Å². The number of benzene rings is 2. The molecule has 2 rings (SSSR count). The second-order valence-corrected chi connectivity index (χ2v) is 5.45. The summed E-state index contributed by atoms with van der Waals surface area (Å²) in [7, 11) is 2.80. The van der Waals surface area contributed by atoms with Crippen LogP contribution in [-0.4, -0.2) is 26.0 Å². The summed E-state index contributed by atoms with van der Waals surface area (Å²) < 4.78 is 34.3. The molecule has 0 aliphatic carbocycles. The molecule has 0 unspecified atom stereocenters. The van der Waals surface area contributed by atoms with E-state index in [0.29, 0.717) is 17.2 Å². The van der Waals surface area contributed by atoms with Crippen LogP contribution in [0.3, 0.4) is 0 Å². The van der Waals surface area contributed by atoms with Crippen molar-refractivity contribution in [2.45, 2.75) is 19.6 Å². The van der Waals surface area contributed by atoms with Crippen LogP contribution in [0.1, 0.15) is 24.2 Å². The zero-order valence-corrected chi connectivity index (χ0v) is 14.0. The predicted octanol–water partition coefficient (Wildman–Crippen LogP) is 4.17. The summed E-state index contributed by atoms with van der Waals surface area (Å²) in [5, 5.41) is 0. The second-order valence-electron chi connectivity index (χ2n) is 5.45. The summed E-state index contributed by atoms with van der Waals surface area (Å²) in [6.07, 6.45) is 0. The Hall–Kier alpha value is -2.60. The van der Waals surface area contributed by atoms with E-state index in [1.54, 1.807) is 19.9 Å². The maximum absolute atomic E-state index is 13.0. The summed E-state index contributed by atoms with van der Waals surface area (Å²) in [4.78, 5) is 11.8. The van der Waals surface area contributed by atoms with Crippen LogP contribution in [-0.2, 0) is 9.47 Å². The molecule has 0 radical (unpaired) electrons. The standard InChI is InChI=1S/C18H19FO5/c1-18(2,22-4)24-16-10-12(17(20)21-3)9-15(11-16)23-14-7-5-13(19)6-8-14/h5-11H,1-4H3. The van der Waals surface area contributed by atoms with Gasteiger partial charge in [0, 0.05) is 27.0 Å². The van der Waals surface area contributed by atoms with Crippen LogP contribution in [0.15, 0.2) is 42.5 Å². The molecule has 0 aliphatic heterocycles. The fourth-order valence-electron chi connectivity index (χ4n) is 1.89. The number of halogens is 1. The normalized spacial score (nSPS) is 11.0. The number of carbonyl (C=O) groups is 1. The van der Waals surface area contributed by atoms with Gasteiger partial charge in [-0.3, -0.25) is 0 Å². The van der Waals surface area contributed by atoms with Crippen molar-refractivity contribution in [2.75, 3.05) is 14.2 Å². The molecular formula is C18H19FO5. The van der Waals surface area contributed by atoms with Gasteiger partial charge in [0.15, 0.2) is 0 Å². The number of ether oxygens (including phenoxy) is 4. The maximum Gasteiger partial charge on any atom is 0.338 e. The van der Waals surface area contributed by atoms with E-state index in [1.165, 1.54) is 50.6 Å². The Morgan fingerprint density at radius 2 is 1.58 bits per heavy atom. The Labute approximate surface area is 139 Å². The number of esters is 1. The Bertz CT molecular complexity index is 710. The molecule has 0 saturated carbocycles. The number of rotatable bonds is 6. The van der Waals surface area contributed by atoms with Crippen molar-refractivity contribution in [1.82, 2.24) is 0 Å². The molecule has 0 N–H and O–H groups in total. The summed E-state index contributed by atoms with van der Waals surface area (Å²) in [6.45, 7) is 3.47. The zero-order valence-electron chi connectivity index (χ0n) is 14.0. The van der Waals surface area contributed by atoms with Crippen LogP contribution in [0.25, 0.3) is 0 Å². The van der Waals surface area contributed by atoms with Crippen molar-refractivity contribution in [3.63, 3.8) is 0 Å². The number of methoxy groups -OCH3 is 2. The highest BCUT2D eigenvalue weighted by atomic mass is 19.1. The third-order valence-electron chi connectivity index (χ3n) is 3.21. The molecule has 0 aliphatic rings. The largest absolute Gasteiger partial charge is 0.465 e. The smallest absolute Gasteiger partial charge is 0.338 e. The van der Waals surface area contributed by atoms with Gasteiger partial charge in [-0.25, -0.2) is 9.18 Å². The molecule has 5 nitrogen and oxygen atoms in total. The highest BCUT2D eigenvalue weighted by Gasteiger charge is 2.20. The van der Waals surface area contributed by atoms with Crippen LogP contribution in [0, 0.1) is 5.82 Å². The number of carbonyl (C=O) groups excluding carboxylic acids is 1. The maximum atomic E-state index is 13.0. The van der Waals surface area contributed by atoms with Gasteiger partial charge in [0.25, 0.3) is 0 Å². The molecule has 0 aromatic heterocycles. The molecule has 128 valence electrons. The lowest BCUT2D eigenvalue weighted by Crippen LogP contribution is -2.30. The molecule has 6 heteroatoms. The van der Waals surface area contributed by atoms with E-state index in [1.807, 2.05) is 0 Å². The van der Waals surface area contributed by atoms with E-state index in [9.17, 15) is 9.18 Å². The molecular weight excluding hydrogens is 315 g/mol. The van der Waals surface area contributed by atoms with Crippen LogP contribution in [0.5, 0.6) is 17.2 Å². The minimum absolute atomic E-state index is 0.263. The molecule has 2 aromatic rings. The summed E-state index contributed by atoms with van der Waals surface area (Å²) in [6, 6.07) is 10.2. The van der Waals surface area contributed by atoms with E-state index in [4.69, 9.17) is 18.9 Å². The first-order chi connectivity index (χ1) is 11.3. The lowest BCUT2D eigenvalue weighted by Gasteiger charge is -2.25. The Balaban J connectivity index is 2.35. The fourth-order valence-corrected chi connectivity index (χ4v) is 1.89. The van der Waals surface area contributed by atoms with Crippen molar-refractivity contribution in [3.05, 3.63) is 53.8 Å². The Morgan fingerprint density at radius 3 is 2.17 bits per heavy atom. The lowest BCUT2D eigenvalue weighted by molar-refractivity contribution is -0.134. The topological polar surface area (TPSA) is 54.0 Å². The van der Waals surface area contributed by atoms with Gasteiger partial charge >= 0.3 is 5.97 Å². The van der Waals surface area contributed by atoms with Gasteiger partial charge < -0.3 is 18.9 Å². The van der Waals surface area contributed by atoms with E-state index in [-0.39, 0.29) is 11.4 Å². The molecule has 2 aromatic carbocycles. The SMILES string of the molecule is COC(=O)c1cc(Oc2ccc(F)cc2)cc(OC(C)(C)OC)c1. The van der Waals surface area contributed by atoms with E-state index < -0.39 is 11.8 Å². The van der Waals surface area contributed by atoms with Crippen LogP contribution < -0.4 is 9.47 Å². The first kappa shape index (κ1) is 17.7. The van der Waals surface area contributed by atoms with Crippen LogP contribution in [0.2, 0.25) is 0 Å². The minimum Gasteiger partial charge on any atom is -0.465 e. The van der Waals surface area contributed by atoms with Gasteiger partial charge in [0.1, 0.15) is 23.1 Å². The lowest BCUT2D eigenvalue weighted by atomic mass is 10.2. The third kappa shape index (κ3) is 4.70. The predicted molar refractivity (Wildman–Crippen MR) is 86.0 cm³/mol. The van der Waals surface area contributed by atoms with Crippen LogP contribution >= 0.6 is 0 Å². The summed E-state index contributed by atoms with van der Waals surface area (Å²) in [5.41, 5.74) is 0.263. The third-order valence-corrected chi connectivity index (χ3v) is 3.21. The van der Waals surface area contributed by atoms with Crippen molar-refractivity contribution in [2.24, 2.45) is 0 Å². The Kier molecular flexibility index (Phi) is 5.41. The molecule has 0 heterocycles. The Morgan fingerprint density at radius 1 is 0.958 bits per heavy atom. The van der Waals surface area contributed by atoms with Gasteiger partial charge in [0.2, 0.25) is 5.79 Å². The first-order valence-corrected chi connectivity index (χ1v) is 7.24. The van der Waals surface area contributed by atoms with E-state index >= 15 is 0 Å². The minimum atomic E-state index is -0.887. The van der Waals surface area contributed by atoms with Crippen molar-refractivity contribution in [3.8, 4) is 17.2 Å². The number of hydrogen-bond acceptors (Lipinski definition) is 5. The van der Waals surface area contributed by atoms with Crippen molar-refractivity contribution in [1.29, 1.82) is 0 Å². The quantitative estimate of drug-likeness (QED) is 0.586. The van der Waals surface area contributed by atoms with Gasteiger partial charge in [-0.1, -0.05) is 0 Å². The molecule has 0 fully saturated rings. The van der Waals surface area contributed by atoms with Gasteiger partial charge in [0.05, 0.1) is 12.7 Å². The zero-order chi connectivity index (χ0) is 17.7. The fraction of sp³-hybridized carbons (Fsp3) is 0.278. The van der Waals surface area contributed by atoms with Gasteiger partial charge in [-0.2, -0.15) is 0 Å². The second kappa shape index (κ2) is 7.31. The molecule has 0 spiro atoms.